The third-order valence-corrected chi connectivity index (χ3v) is 2.92. The van der Waals surface area contributed by atoms with Crippen LogP contribution >= 0.6 is 11.3 Å². The second-order valence-electron chi connectivity index (χ2n) is 2.94. The molecule has 0 aromatic carbocycles. The van der Waals surface area contributed by atoms with Crippen molar-refractivity contribution < 1.29 is 4.79 Å². The Morgan fingerprint density at radius 3 is 2.85 bits per heavy atom. The Labute approximate surface area is 81.8 Å². The van der Waals surface area contributed by atoms with Gasteiger partial charge in [0.2, 0.25) is 0 Å². The second-order valence-corrected chi connectivity index (χ2v) is 3.85. The van der Waals surface area contributed by atoms with E-state index < -0.39 is 5.92 Å². The first-order valence-electron chi connectivity index (χ1n) is 4.18. The number of rotatable bonds is 3. The SMILES string of the molecule is CCC(C#N)C(=O)c1cc(C)cs1. The van der Waals surface area contributed by atoms with Crippen molar-refractivity contribution in [2.75, 3.05) is 0 Å². The maximum atomic E-state index is 11.6. The zero-order valence-electron chi connectivity index (χ0n) is 7.70. The number of Topliss-reactive ketones (excluding diaryl/α,β-unsaturated/α-hetero) is 1. The number of carbonyl (C=O) groups is 1. The Balaban J connectivity index is 2.85. The normalized spacial score (nSPS) is 12.1. The lowest BCUT2D eigenvalue weighted by Crippen LogP contribution is -2.10. The van der Waals surface area contributed by atoms with Gasteiger partial charge in [0.25, 0.3) is 0 Å². The molecule has 0 spiro atoms. The van der Waals surface area contributed by atoms with E-state index in [0.29, 0.717) is 11.3 Å². The quantitative estimate of drug-likeness (QED) is 0.692. The van der Waals surface area contributed by atoms with E-state index in [2.05, 4.69) is 0 Å². The summed E-state index contributed by atoms with van der Waals surface area (Å²) in [5.41, 5.74) is 1.08. The topological polar surface area (TPSA) is 40.9 Å². The molecule has 13 heavy (non-hydrogen) atoms. The summed E-state index contributed by atoms with van der Waals surface area (Å²) in [6, 6.07) is 3.86. The minimum absolute atomic E-state index is 0.0388. The van der Waals surface area contributed by atoms with Crippen molar-refractivity contribution in [1.29, 1.82) is 5.26 Å². The Kier molecular flexibility index (Phi) is 3.21. The van der Waals surface area contributed by atoms with Crippen molar-refractivity contribution in [1.82, 2.24) is 0 Å². The number of hydrogen-bond acceptors (Lipinski definition) is 3. The number of thiophene rings is 1. The van der Waals surface area contributed by atoms with E-state index >= 15 is 0 Å². The number of carbonyl (C=O) groups excluding carboxylic acids is 1. The third-order valence-electron chi connectivity index (χ3n) is 1.85. The fourth-order valence-corrected chi connectivity index (χ4v) is 1.96. The van der Waals surface area contributed by atoms with E-state index in [9.17, 15) is 4.79 Å². The lowest BCUT2D eigenvalue weighted by Gasteiger charge is -2.00. The van der Waals surface area contributed by atoms with Gasteiger partial charge in [-0.05, 0) is 30.4 Å². The van der Waals surface area contributed by atoms with Crippen LogP contribution in [0.1, 0.15) is 28.6 Å². The van der Waals surface area contributed by atoms with Crippen LogP contribution in [0.25, 0.3) is 0 Å². The van der Waals surface area contributed by atoms with Crippen LogP contribution < -0.4 is 0 Å². The monoisotopic (exact) mass is 193 g/mol. The molecular weight excluding hydrogens is 182 g/mol. The Bertz CT molecular complexity index is 348. The van der Waals surface area contributed by atoms with Gasteiger partial charge in [-0.2, -0.15) is 5.26 Å². The fraction of sp³-hybridized carbons (Fsp3) is 0.400. The molecule has 3 heteroatoms. The predicted octanol–water partition coefficient (Wildman–Crippen LogP) is 2.79. The standard InChI is InChI=1S/C10H11NOS/c1-3-8(5-11)10(12)9-4-7(2)6-13-9/h4,6,8H,3H2,1-2H3. The van der Waals surface area contributed by atoms with Crippen LogP contribution in [-0.4, -0.2) is 5.78 Å². The maximum Gasteiger partial charge on any atom is 0.189 e. The smallest absolute Gasteiger partial charge is 0.189 e. The van der Waals surface area contributed by atoms with Gasteiger partial charge in [-0.25, -0.2) is 0 Å². The van der Waals surface area contributed by atoms with Gasteiger partial charge in [-0.15, -0.1) is 11.3 Å². The van der Waals surface area contributed by atoms with Gasteiger partial charge >= 0.3 is 0 Å². The van der Waals surface area contributed by atoms with E-state index in [-0.39, 0.29) is 5.78 Å². The average Bonchev–Trinajstić information content (AvgIpc) is 2.54. The van der Waals surface area contributed by atoms with Gasteiger partial charge in [-0.1, -0.05) is 6.92 Å². The van der Waals surface area contributed by atoms with Crippen molar-refractivity contribution >= 4 is 17.1 Å². The molecule has 0 amide bonds. The summed E-state index contributed by atoms with van der Waals surface area (Å²) in [6.07, 6.45) is 0.590. The summed E-state index contributed by atoms with van der Waals surface area (Å²) in [5, 5.41) is 10.6. The molecule has 0 saturated carbocycles. The Morgan fingerprint density at radius 2 is 2.46 bits per heavy atom. The van der Waals surface area contributed by atoms with Crippen molar-refractivity contribution in [2.24, 2.45) is 5.92 Å². The molecule has 0 saturated heterocycles. The number of nitriles is 1. The van der Waals surface area contributed by atoms with E-state index in [4.69, 9.17) is 5.26 Å². The number of aryl methyl sites for hydroxylation is 1. The zero-order valence-corrected chi connectivity index (χ0v) is 8.52. The van der Waals surface area contributed by atoms with Crippen LogP contribution in [0.4, 0.5) is 0 Å². The van der Waals surface area contributed by atoms with Gasteiger partial charge in [0.15, 0.2) is 5.78 Å². The summed E-state index contributed by atoms with van der Waals surface area (Å²) >= 11 is 1.42. The summed E-state index contributed by atoms with van der Waals surface area (Å²) in [5.74, 6) is -0.513. The molecule has 1 heterocycles. The molecule has 1 aromatic rings. The van der Waals surface area contributed by atoms with Crippen molar-refractivity contribution in [2.45, 2.75) is 20.3 Å². The first-order chi connectivity index (χ1) is 6.19. The van der Waals surface area contributed by atoms with Crippen molar-refractivity contribution in [3.05, 3.63) is 21.9 Å². The molecule has 0 N–H and O–H groups in total. The lowest BCUT2D eigenvalue weighted by molar-refractivity contribution is 0.0950. The number of ketones is 1. The maximum absolute atomic E-state index is 11.6. The average molecular weight is 193 g/mol. The van der Waals surface area contributed by atoms with Crippen LogP contribution in [0.2, 0.25) is 0 Å². The molecule has 0 fully saturated rings. The molecule has 0 aliphatic heterocycles. The van der Waals surface area contributed by atoms with Gasteiger partial charge in [0.05, 0.1) is 10.9 Å². The van der Waals surface area contributed by atoms with Crippen LogP contribution in [0.15, 0.2) is 11.4 Å². The highest BCUT2D eigenvalue weighted by atomic mass is 32.1. The van der Waals surface area contributed by atoms with E-state index in [1.165, 1.54) is 11.3 Å². The van der Waals surface area contributed by atoms with Crippen molar-refractivity contribution in [3.63, 3.8) is 0 Å². The van der Waals surface area contributed by atoms with Gasteiger partial charge in [0.1, 0.15) is 5.92 Å². The summed E-state index contributed by atoms with van der Waals surface area (Å²) in [4.78, 5) is 12.3. The van der Waals surface area contributed by atoms with Gasteiger partial charge in [0, 0.05) is 0 Å². The second kappa shape index (κ2) is 4.20. The number of nitrogens with zero attached hydrogens (tertiary/aromatic N) is 1. The van der Waals surface area contributed by atoms with E-state index in [1.54, 1.807) is 0 Å². The van der Waals surface area contributed by atoms with E-state index in [0.717, 1.165) is 5.56 Å². The molecule has 68 valence electrons. The van der Waals surface area contributed by atoms with Crippen LogP contribution in [-0.2, 0) is 0 Å². The minimum atomic E-state index is -0.474. The molecule has 0 aliphatic carbocycles. The van der Waals surface area contributed by atoms with Crippen LogP contribution in [0.5, 0.6) is 0 Å². The van der Waals surface area contributed by atoms with Crippen LogP contribution in [0.3, 0.4) is 0 Å². The molecule has 1 rings (SSSR count). The molecule has 2 nitrogen and oxygen atoms in total. The van der Waals surface area contributed by atoms with Crippen molar-refractivity contribution in [3.8, 4) is 6.07 Å². The highest BCUT2D eigenvalue weighted by Gasteiger charge is 2.18. The van der Waals surface area contributed by atoms with Crippen LogP contribution in [0, 0.1) is 24.2 Å². The Morgan fingerprint density at radius 1 is 1.77 bits per heavy atom. The first kappa shape index (κ1) is 9.94. The third kappa shape index (κ3) is 2.16. The molecule has 1 atom stereocenters. The largest absolute Gasteiger partial charge is 0.292 e. The fourth-order valence-electron chi connectivity index (χ4n) is 1.07. The highest BCUT2D eigenvalue weighted by molar-refractivity contribution is 7.12. The summed E-state index contributed by atoms with van der Waals surface area (Å²) in [7, 11) is 0. The minimum Gasteiger partial charge on any atom is -0.292 e. The van der Waals surface area contributed by atoms with E-state index in [1.807, 2.05) is 31.4 Å². The molecule has 0 radical (unpaired) electrons. The molecular formula is C10H11NOS. The summed E-state index contributed by atoms with van der Waals surface area (Å²) in [6.45, 7) is 3.80. The predicted molar refractivity (Wildman–Crippen MR) is 52.8 cm³/mol. The van der Waals surface area contributed by atoms with Gasteiger partial charge in [-0.3, -0.25) is 4.79 Å². The zero-order chi connectivity index (χ0) is 9.84. The molecule has 1 unspecified atom stereocenters. The Hall–Kier alpha value is -1.14. The molecule has 0 aliphatic rings. The van der Waals surface area contributed by atoms with Gasteiger partial charge < -0.3 is 0 Å². The summed E-state index contributed by atoms with van der Waals surface area (Å²) < 4.78 is 0. The number of hydrogen-bond donors (Lipinski definition) is 0. The first-order valence-corrected chi connectivity index (χ1v) is 5.06. The molecule has 0 bridgehead atoms. The highest BCUT2D eigenvalue weighted by Crippen LogP contribution is 2.19. The molecule has 1 aromatic heterocycles. The lowest BCUT2D eigenvalue weighted by atomic mass is 10.0.